The largest absolute Gasteiger partial charge is 0.497 e. The molecule has 1 spiro atoms. The third kappa shape index (κ3) is 1.56. The van der Waals surface area contributed by atoms with Crippen molar-refractivity contribution in [1.29, 1.82) is 0 Å². The second-order valence-corrected chi connectivity index (χ2v) is 7.49. The van der Waals surface area contributed by atoms with Gasteiger partial charge >= 0.3 is 0 Å². The molecule has 1 aromatic carbocycles. The van der Waals surface area contributed by atoms with Crippen LogP contribution in [0.4, 0.5) is 0 Å². The number of benzene rings is 1. The average molecular weight is 314 g/mol. The van der Waals surface area contributed by atoms with E-state index in [9.17, 15) is 0 Å². The fraction of sp³-hybridized carbons (Fsp3) is 0.600. The summed E-state index contributed by atoms with van der Waals surface area (Å²) in [5, 5.41) is 0. The van der Waals surface area contributed by atoms with Crippen molar-refractivity contribution in [2.45, 2.75) is 51.0 Å². The smallest absolute Gasteiger partial charge is 0.172 e. The van der Waals surface area contributed by atoms with Crippen molar-refractivity contribution in [3.8, 4) is 11.5 Å². The number of rotatable bonds is 2. The minimum Gasteiger partial charge on any atom is -0.497 e. The molecule has 1 heterocycles. The Morgan fingerprint density at radius 3 is 2.70 bits per heavy atom. The van der Waals surface area contributed by atoms with Gasteiger partial charge in [-0.05, 0) is 56.2 Å². The highest BCUT2D eigenvalue weighted by atomic mass is 16.6. The second-order valence-electron chi connectivity index (χ2n) is 7.49. The predicted octanol–water partition coefficient (Wildman–Crippen LogP) is 4.37. The van der Waals surface area contributed by atoms with Gasteiger partial charge in [0.25, 0.3) is 0 Å². The third-order valence-electron chi connectivity index (χ3n) is 6.61. The van der Waals surface area contributed by atoms with Gasteiger partial charge in [0.2, 0.25) is 0 Å². The first-order valence-electron chi connectivity index (χ1n) is 8.63. The lowest BCUT2D eigenvalue weighted by Gasteiger charge is -2.49. The van der Waals surface area contributed by atoms with Crippen LogP contribution < -0.4 is 9.47 Å². The molecular formula is C20H26O3. The molecule has 4 atom stereocenters. The summed E-state index contributed by atoms with van der Waals surface area (Å²) in [5.74, 6) is 3.84. The molecule has 124 valence electrons. The van der Waals surface area contributed by atoms with E-state index in [4.69, 9.17) is 14.2 Å². The molecule has 1 aliphatic heterocycles. The van der Waals surface area contributed by atoms with Gasteiger partial charge in [-0.15, -0.1) is 0 Å². The number of hydrogen-bond acceptors (Lipinski definition) is 3. The van der Waals surface area contributed by atoms with Crippen LogP contribution in [0.2, 0.25) is 0 Å². The average Bonchev–Trinajstić information content (AvgIpc) is 3.08. The van der Waals surface area contributed by atoms with Crippen LogP contribution in [0.1, 0.15) is 44.2 Å². The molecule has 1 fully saturated rings. The number of hydrogen-bond donors (Lipinski definition) is 0. The zero-order valence-corrected chi connectivity index (χ0v) is 14.7. The Morgan fingerprint density at radius 1 is 1.22 bits per heavy atom. The highest BCUT2D eigenvalue weighted by molar-refractivity contribution is 5.62. The van der Waals surface area contributed by atoms with Crippen LogP contribution in [0.3, 0.4) is 0 Å². The van der Waals surface area contributed by atoms with E-state index >= 15 is 0 Å². The van der Waals surface area contributed by atoms with E-state index in [0.717, 1.165) is 23.7 Å². The lowest BCUT2D eigenvalue weighted by molar-refractivity contribution is -0.0211. The van der Waals surface area contributed by atoms with Crippen molar-refractivity contribution in [2.75, 3.05) is 14.2 Å². The first-order valence-corrected chi connectivity index (χ1v) is 8.63. The summed E-state index contributed by atoms with van der Waals surface area (Å²) in [6.45, 7) is 6.74. The Hall–Kier alpha value is -1.64. The monoisotopic (exact) mass is 314 g/mol. The Kier molecular flexibility index (Phi) is 3.04. The topological polar surface area (TPSA) is 27.7 Å². The molecule has 0 amide bonds. The summed E-state index contributed by atoms with van der Waals surface area (Å²) < 4.78 is 18.1. The summed E-state index contributed by atoms with van der Waals surface area (Å²) in [4.78, 5) is 0. The first-order chi connectivity index (χ1) is 11.0. The number of methoxy groups -OCH3 is 2. The van der Waals surface area contributed by atoms with Gasteiger partial charge in [0.1, 0.15) is 5.76 Å². The van der Waals surface area contributed by atoms with E-state index in [1.54, 1.807) is 14.2 Å². The van der Waals surface area contributed by atoms with Crippen LogP contribution in [-0.4, -0.2) is 19.8 Å². The molecule has 1 unspecified atom stereocenters. The molecule has 0 saturated heterocycles. The molecule has 4 rings (SSSR count). The molecule has 0 aromatic heterocycles. The highest BCUT2D eigenvalue weighted by Gasteiger charge is 2.68. The predicted molar refractivity (Wildman–Crippen MR) is 90.0 cm³/mol. The quantitative estimate of drug-likeness (QED) is 0.811. The van der Waals surface area contributed by atoms with E-state index in [1.165, 1.54) is 24.0 Å². The van der Waals surface area contributed by atoms with Crippen molar-refractivity contribution < 1.29 is 14.2 Å². The van der Waals surface area contributed by atoms with Crippen LogP contribution in [0, 0.1) is 18.8 Å². The van der Waals surface area contributed by atoms with Crippen molar-refractivity contribution in [1.82, 2.24) is 0 Å². The maximum atomic E-state index is 6.64. The van der Waals surface area contributed by atoms with Crippen molar-refractivity contribution in [3.05, 3.63) is 35.1 Å². The minimum atomic E-state index is -0.433. The van der Waals surface area contributed by atoms with Crippen molar-refractivity contribution >= 4 is 0 Å². The Balaban J connectivity index is 2.05. The van der Waals surface area contributed by atoms with Crippen LogP contribution in [0.15, 0.2) is 24.0 Å². The summed E-state index contributed by atoms with van der Waals surface area (Å²) in [7, 11) is 3.49. The van der Waals surface area contributed by atoms with E-state index < -0.39 is 5.60 Å². The molecule has 0 bridgehead atoms. The van der Waals surface area contributed by atoms with Crippen molar-refractivity contribution in [3.63, 3.8) is 0 Å². The lowest BCUT2D eigenvalue weighted by atomic mass is 9.56. The van der Waals surface area contributed by atoms with Gasteiger partial charge in [-0.25, -0.2) is 0 Å². The fourth-order valence-corrected chi connectivity index (χ4v) is 5.71. The molecule has 1 saturated carbocycles. The van der Waals surface area contributed by atoms with Crippen molar-refractivity contribution in [2.24, 2.45) is 11.8 Å². The maximum absolute atomic E-state index is 6.64. The molecule has 3 heteroatoms. The van der Waals surface area contributed by atoms with Gasteiger partial charge in [-0.1, -0.05) is 19.4 Å². The number of allylic oxidation sites excluding steroid dienone is 1. The third-order valence-corrected chi connectivity index (χ3v) is 6.61. The van der Waals surface area contributed by atoms with E-state index in [0.29, 0.717) is 11.8 Å². The second kappa shape index (κ2) is 4.68. The fourth-order valence-electron chi connectivity index (χ4n) is 5.71. The van der Waals surface area contributed by atoms with Crippen LogP contribution in [0.5, 0.6) is 11.5 Å². The van der Waals surface area contributed by atoms with Gasteiger partial charge in [-0.3, -0.25) is 0 Å². The van der Waals surface area contributed by atoms with E-state index in [2.05, 4.69) is 32.9 Å². The van der Waals surface area contributed by atoms with Gasteiger partial charge in [0.05, 0.1) is 14.2 Å². The molecule has 1 aromatic rings. The summed E-state index contributed by atoms with van der Waals surface area (Å²) in [5.41, 5.74) is 2.23. The molecule has 3 nitrogen and oxygen atoms in total. The normalized spacial score (nSPS) is 37.3. The first kappa shape index (κ1) is 14.9. The van der Waals surface area contributed by atoms with E-state index in [-0.39, 0.29) is 5.41 Å². The van der Waals surface area contributed by atoms with Gasteiger partial charge < -0.3 is 14.2 Å². The summed E-state index contributed by atoms with van der Waals surface area (Å²) in [6, 6.07) is 4.20. The van der Waals surface area contributed by atoms with Crippen LogP contribution in [0.25, 0.3) is 0 Å². The zero-order valence-electron chi connectivity index (χ0n) is 14.7. The van der Waals surface area contributed by atoms with Crippen LogP contribution in [-0.2, 0) is 10.2 Å². The summed E-state index contributed by atoms with van der Waals surface area (Å²) in [6.07, 6.45) is 5.93. The lowest BCUT2D eigenvalue weighted by Crippen LogP contribution is -2.57. The Bertz CT molecular complexity index is 692. The maximum Gasteiger partial charge on any atom is 0.172 e. The molecule has 0 radical (unpaired) electrons. The molecule has 3 aliphatic rings. The summed E-state index contributed by atoms with van der Waals surface area (Å²) >= 11 is 0. The Morgan fingerprint density at radius 2 is 2.00 bits per heavy atom. The van der Waals surface area contributed by atoms with Crippen LogP contribution >= 0.6 is 0 Å². The number of ether oxygens (including phenoxy) is 3. The molecular weight excluding hydrogens is 288 g/mol. The molecule has 23 heavy (non-hydrogen) atoms. The minimum absolute atomic E-state index is 0.000463. The van der Waals surface area contributed by atoms with E-state index in [1.807, 2.05) is 6.07 Å². The number of aryl methyl sites for hydroxylation is 1. The number of fused-ring (bicyclic) bond motifs is 1. The molecule has 0 N–H and O–H groups in total. The van der Waals surface area contributed by atoms with Gasteiger partial charge in [0, 0.05) is 11.0 Å². The molecule has 2 aliphatic carbocycles. The Labute approximate surface area is 138 Å². The van der Waals surface area contributed by atoms with Gasteiger partial charge in [-0.2, -0.15) is 0 Å². The zero-order chi connectivity index (χ0) is 16.4. The standard InChI is InChI=1S/C20H26O3/c1-12-8-9-15(21-4)18-17(12)20-10-6-7-14(20)13(2)11-16(22-5)19(20,3)23-18/h8-9,11,13-14H,6-7,10H2,1-5H3/t13?,14-,19-,20+/m1/s1. The highest BCUT2D eigenvalue weighted by Crippen LogP contribution is 2.68. The van der Waals surface area contributed by atoms with Gasteiger partial charge in [0.15, 0.2) is 17.1 Å². The SMILES string of the molecule is COC1=CC(C)[C@H]2CCC[C@@]23c2c(C)ccc(OC)c2O[C@]13C.